The molecule has 1 amide bonds. The fourth-order valence-corrected chi connectivity index (χ4v) is 3.05. The molecule has 0 saturated carbocycles. The minimum Gasteiger partial charge on any atom is -0.467 e. The molecule has 0 aromatic carbocycles. The molecular formula is C19H26F3N3O2. The lowest BCUT2D eigenvalue weighted by Crippen LogP contribution is -2.38. The van der Waals surface area contributed by atoms with Gasteiger partial charge in [0.1, 0.15) is 12.3 Å². The van der Waals surface area contributed by atoms with Crippen molar-refractivity contribution in [2.75, 3.05) is 6.54 Å². The first kappa shape index (κ1) is 21.1. The molecular weight excluding hydrogens is 359 g/mol. The maximum Gasteiger partial charge on any atom is 0.406 e. The van der Waals surface area contributed by atoms with Crippen LogP contribution in [0.2, 0.25) is 0 Å². The number of amides is 1. The molecule has 0 spiro atoms. The van der Waals surface area contributed by atoms with Crippen molar-refractivity contribution in [3.05, 3.63) is 41.1 Å². The van der Waals surface area contributed by atoms with E-state index in [0.29, 0.717) is 18.1 Å². The summed E-state index contributed by atoms with van der Waals surface area (Å²) in [6, 6.07) is 3.14. The molecule has 0 radical (unpaired) electrons. The second-order valence-electron chi connectivity index (χ2n) is 7.17. The zero-order chi connectivity index (χ0) is 20.2. The average molecular weight is 385 g/mol. The molecule has 0 aliphatic heterocycles. The minimum absolute atomic E-state index is 0.00809. The molecule has 2 aromatic heterocycles. The summed E-state index contributed by atoms with van der Waals surface area (Å²) in [7, 11) is 0. The number of carbonyl (C=O) groups excluding carboxylic acids is 1. The summed E-state index contributed by atoms with van der Waals surface area (Å²) in [5, 5.41) is 4.49. The van der Waals surface area contributed by atoms with Gasteiger partial charge in [0.15, 0.2) is 0 Å². The summed E-state index contributed by atoms with van der Waals surface area (Å²) in [6.45, 7) is 7.23. The third-order valence-corrected chi connectivity index (χ3v) is 4.31. The van der Waals surface area contributed by atoms with Crippen LogP contribution in [0.25, 0.3) is 0 Å². The lowest BCUT2D eigenvalue weighted by molar-refractivity contribution is -0.162. The monoisotopic (exact) mass is 385 g/mol. The van der Waals surface area contributed by atoms with E-state index in [-0.39, 0.29) is 13.0 Å². The first-order valence-electron chi connectivity index (χ1n) is 8.96. The van der Waals surface area contributed by atoms with Gasteiger partial charge in [-0.3, -0.25) is 9.48 Å². The third kappa shape index (κ3) is 6.15. The van der Waals surface area contributed by atoms with Crippen molar-refractivity contribution < 1.29 is 22.4 Å². The van der Waals surface area contributed by atoms with Gasteiger partial charge in [-0.2, -0.15) is 18.3 Å². The normalized spacial score (nSPS) is 12.0. The molecule has 0 N–H and O–H groups in total. The summed E-state index contributed by atoms with van der Waals surface area (Å²) in [6.07, 6.45) is -2.73. The number of halogens is 3. The number of carbonyl (C=O) groups is 1. The van der Waals surface area contributed by atoms with E-state index in [9.17, 15) is 18.0 Å². The number of aromatic nitrogens is 2. The molecule has 150 valence electrons. The number of nitrogens with zero attached hydrogens (tertiary/aromatic N) is 3. The van der Waals surface area contributed by atoms with E-state index < -0.39 is 18.6 Å². The van der Waals surface area contributed by atoms with Crippen molar-refractivity contribution in [3.8, 4) is 0 Å². The highest BCUT2D eigenvalue weighted by Crippen LogP contribution is 2.21. The Morgan fingerprint density at radius 1 is 1.33 bits per heavy atom. The van der Waals surface area contributed by atoms with Gasteiger partial charge in [-0.05, 0) is 43.9 Å². The Balaban J connectivity index is 2.07. The van der Waals surface area contributed by atoms with Crippen molar-refractivity contribution >= 4 is 5.91 Å². The lowest BCUT2D eigenvalue weighted by Gasteiger charge is -2.23. The molecule has 0 atom stereocenters. The Bertz CT molecular complexity index is 749. The summed E-state index contributed by atoms with van der Waals surface area (Å²) >= 11 is 0. The Kier molecular flexibility index (Phi) is 6.73. The smallest absolute Gasteiger partial charge is 0.406 e. The largest absolute Gasteiger partial charge is 0.467 e. The summed E-state index contributed by atoms with van der Waals surface area (Å²) < 4.78 is 45.6. The SMILES string of the molecule is Cc1nn(CC(C)C)c(C)c1CCC(=O)N(Cc1ccco1)CC(F)(F)F. The van der Waals surface area contributed by atoms with E-state index in [4.69, 9.17) is 4.42 Å². The van der Waals surface area contributed by atoms with Gasteiger partial charge in [-0.15, -0.1) is 0 Å². The maximum atomic E-state index is 12.9. The fraction of sp³-hybridized carbons (Fsp3) is 0.579. The first-order chi connectivity index (χ1) is 12.6. The molecule has 2 aromatic rings. The molecule has 2 heterocycles. The summed E-state index contributed by atoms with van der Waals surface area (Å²) in [5.74, 6) is 0.192. The number of hydrogen-bond donors (Lipinski definition) is 0. The minimum atomic E-state index is -4.46. The van der Waals surface area contributed by atoms with Gasteiger partial charge in [0.05, 0.1) is 18.5 Å². The van der Waals surface area contributed by atoms with Gasteiger partial charge >= 0.3 is 6.18 Å². The molecule has 0 aliphatic rings. The lowest BCUT2D eigenvalue weighted by atomic mass is 10.1. The van der Waals surface area contributed by atoms with E-state index in [1.54, 1.807) is 12.1 Å². The van der Waals surface area contributed by atoms with Gasteiger partial charge in [-0.1, -0.05) is 13.8 Å². The van der Waals surface area contributed by atoms with Crippen molar-refractivity contribution in [2.24, 2.45) is 5.92 Å². The molecule has 0 unspecified atom stereocenters. The van der Waals surface area contributed by atoms with Crippen LogP contribution in [0.4, 0.5) is 13.2 Å². The van der Waals surface area contributed by atoms with Crippen LogP contribution in [0, 0.1) is 19.8 Å². The molecule has 2 rings (SSSR count). The van der Waals surface area contributed by atoms with Crippen molar-refractivity contribution in [2.45, 2.75) is 59.8 Å². The Hall–Kier alpha value is -2.25. The maximum absolute atomic E-state index is 12.9. The second kappa shape index (κ2) is 8.63. The zero-order valence-electron chi connectivity index (χ0n) is 16.1. The fourth-order valence-electron chi connectivity index (χ4n) is 3.05. The van der Waals surface area contributed by atoms with Gasteiger partial charge in [0.25, 0.3) is 0 Å². The zero-order valence-corrected chi connectivity index (χ0v) is 16.1. The number of aryl methyl sites for hydroxylation is 1. The van der Waals surface area contributed by atoms with Crippen LogP contribution in [-0.2, 0) is 24.3 Å². The van der Waals surface area contributed by atoms with E-state index in [0.717, 1.165) is 28.4 Å². The molecule has 27 heavy (non-hydrogen) atoms. The van der Waals surface area contributed by atoms with Crippen molar-refractivity contribution in [3.63, 3.8) is 0 Å². The van der Waals surface area contributed by atoms with Crippen LogP contribution < -0.4 is 0 Å². The highest BCUT2D eigenvalue weighted by molar-refractivity contribution is 5.76. The number of hydrogen-bond acceptors (Lipinski definition) is 3. The standard InChI is InChI=1S/C19H26F3N3O2/c1-13(2)10-25-15(4)17(14(3)23-25)7-8-18(26)24(12-19(20,21)22)11-16-6-5-9-27-16/h5-6,9,13H,7-8,10-12H2,1-4H3. The van der Waals surface area contributed by atoms with Gasteiger partial charge < -0.3 is 9.32 Å². The molecule has 5 nitrogen and oxygen atoms in total. The van der Waals surface area contributed by atoms with E-state index in [1.807, 2.05) is 18.5 Å². The van der Waals surface area contributed by atoms with Gasteiger partial charge in [0, 0.05) is 18.7 Å². The third-order valence-electron chi connectivity index (χ3n) is 4.31. The predicted octanol–water partition coefficient (Wildman–Crippen LogP) is 4.27. The molecule has 0 aliphatic carbocycles. The summed E-state index contributed by atoms with van der Waals surface area (Å²) in [5.41, 5.74) is 2.70. The highest BCUT2D eigenvalue weighted by Gasteiger charge is 2.33. The van der Waals surface area contributed by atoms with Crippen molar-refractivity contribution in [1.82, 2.24) is 14.7 Å². The predicted molar refractivity (Wildman–Crippen MR) is 95.0 cm³/mol. The van der Waals surface area contributed by atoms with Crippen LogP contribution in [-0.4, -0.2) is 33.3 Å². The molecule has 0 fully saturated rings. The Labute approximate surface area is 157 Å². The topological polar surface area (TPSA) is 51.3 Å². The Morgan fingerprint density at radius 2 is 2.04 bits per heavy atom. The van der Waals surface area contributed by atoms with Crippen LogP contribution in [0.3, 0.4) is 0 Å². The molecule has 8 heteroatoms. The number of rotatable bonds is 8. The van der Waals surface area contributed by atoms with Crippen molar-refractivity contribution in [1.29, 1.82) is 0 Å². The first-order valence-corrected chi connectivity index (χ1v) is 8.96. The van der Waals surface area contributed by atoms with Gasteiger partial charge in [0.2, 0.25) is 5.91 Å². The van der Waals surface area contributed by atoms with Crippen LogP contribution >= 0.6 is 0 Å². The number of furan rings is 1. The number of alkyl halides is 3. The van der Waals surface area contributed by atoms with Gasteiger partial charge in [-0.25, -0.2) is 0 Å². The van der Waals surface area contributed by atoms with Crippen LogP contribution in [0.5, 0.6) is 0 Å². The highest BCUT2D eigenvalue weighted by atomic mass is 19.4. The van der Waals surface area contributed by atoms with E-state index >= 15 is 0 Å². The van der Waals surface area contributed by atoms with Crippen LogP contribution in [0.1, 0.15) is 43.0 Å². The quantitative estimate of drug-likeness (QED) is 0.682. The summed E-state index contributed by atoms with van der Waals surface area (Å²) in [4.78, 5) is 13.3. The average Bonchev–Trinajstić information content (AvgIpc) is 3.12. The van der Waals surface area contributed by atoms with E-state index in [2.05, 4.69) is 18.9 Å². The van der Waals surface area contributed by atoms with Crippen LogP contribution in [0.15, 0.2) is 22.8 Å². The molecule has 0 bridgehead atoms. The molecule has 0 saturated heterocycles. The van der Waals surface area contributed by atoms with E-state index in [1.165, 1.54) is 6.26 Å². The second-order valence-corrected chi connectivity index (χ2v) is 7.17. The Morgan fingerprint density at radius 3 is 2.59 bits per heavy atom.